The van der Waals surface area contributed by atoms with Crippen molar-refractivity contribution in [1.29, 1.82) is 0 Å². The highest BCUT2D eigenvalue weighted by molar-refractivity contribution is 5.46. The Balaban J connectivity index is 1.79. The lowest BCUT2D eigenvalue weighted by Crippen LogP contribution is -2.16. The average Bonchev–Trinajstić information content (AvgIpc) is 2.50. The molecule has 1 heterocycles. The van der Waals surface area contributed by atoms with E-state index in [2.05, 4.69) is 41.4 Å². The van der Waals surface area contributed by atoms with E-state index in [1.165, 1.54) is 32.1 Å². The van der Waals surface area contributed by atoms with Crippen LogP contribution in [0.4, 0.5) is 11.8 Å². The molecule has 0 aromatic carbocycles. The van der Waals surface area contributed by atoms with Gasteiger partial charge in [-0.25, -0.2) is 4.98 Å². The molecule has 0 unspecified atom stereocenters. The maximum atomic E-state index is 4.57. The number of aryl methyl sites for hydroxylation is 1. The molecule has 21 heavy (non-hydrogen) atoms. The van der Waals surface area contributed by atoms with Crippen LogP contribution in [0.3, 0.4) is 0 Å². The molecule has 1 aliphatic rings. The minimum absolute atomic E-state index is 0.733. The van der Waals surface area contributed by atoms with E-state index in [-0.39, 0.29) is 0 Å². The van der Waals surface area contributed by atoms with E-state index >= 15 is 0 Å². The molecule has 1 fully saturated rings. The van der Waals surface area contributed by atoms with Gasteiger partial charge in [-0.15, -0.1) is 0 Å². The van der Waals surface area contributed by atoms with Gasteiger partial charge in [0.05, 0.1) is 0 Å². The van der Waals surface area contributed by atoms with Gasteiger partial charge in [0, 0.05) is 24.8 Å². The smallest absolute Gasteiger partial charge is 0.224 e. The van der Waals surface area contributed by atoms with Gasteiger partial charge in [-0.1, -0.05) is 39.5 Å². The summed E-state index contributed by atoms with van der Waals surface area (Å²) in [7, 11) is 0. The monoisotopic (exact) mass is 290 g/mol. The Morgan fingerprint density at radius 2 is 1.90 bits per heavy atom. The molecule has 0 atom stereocenters. The van der Waals surface area contributed by atoms with E-state index in [0.717, 1.165) is 48.7 Å². The number of anilines is 2. The SMILES string of the molecule is CCCNc1ncc(C)c(NCCC2CCC(C)CC2)n1. The molecule has 0 amide bonds. The van der Waals surface area contributed by atoms with Crippen LogP contribution in [0.1, 0.15) is 57.9 Å². The lowest BCUT2D eigenvalue weighted by molar-refractivity contribution is 0.282. The van der Waals surface area contributed by atoms with Gasteiger partial charge in [0.1, 0.15) is 5.82 Å². The van der Waals surface area contributed by atoms with E-state index in [0.29, 0.717) is 0 Å². The van der Waals surface area contributed by atoms with E-state index < -0.39 is 0 Å². The van der Waals surface area contributed by atoms with E-state index in [4.69, 9.17) is 0 Å². The highest BCUT2D eigenvalue weighted by Crippen LogP contribution is 2.30. The molecular weight excluding hydrogens is 260 g/mol. The first-order valence-electron chi connectivity index (χ1n) is 8.50. The van der Waals surface area contributed by atoms with Crippen molar-refractivity contribution < 1.29 is 0 Å². The third-order valence-corrected chi connectivity index (χ3v) is 4.49. The zero-order valence-electron chi connectivity index (χ0n) is 13.8. The maximum Gasteiger partial charge on any atom is 0.224 e. The second-order valence-corrected chi connectivity index (χ2v) is 6.49. The van der Waals surface area contributed by atoms with Crippen LogP contribution in [0.25, 0.3) is 0 Å². The minimum atomic E-state index is 0.733. The zero-order valence-corrected chi connectivity index (χ0v) is 13.8. The number of hydrogen-bond donors (Lipinski definition) is 2. The van der Waals surface area contributed by atoms with Gasteiger partial charge in [0.15, 0.2) is 0 Å². The van der Waals surface area contributed by atoms with Crippen molar-refractivity contribution in [2.24, 2.45) is 11.8 Å². The van der Waals surface area contributed by atoms with Crippen molar-refractivity contribution in [3.05, 3.63) is 11.8 Å². The Morgan fingerprint density at radius 3 is 2.62 bits per heavy atom. The molecule has 2 rings (SSSR count). The van der Waals surface area contributed by atoms with Crippen LogP contribution in [-0.2, 0) is 0 Å². The summed E-state index contributed by atoms with van der Waals surface area (Å²) in [5.74, 6) is 3.54. The number of nitrogens with zero attached hydrogens (tertiary/aromatic N) is 2. The Kier molecular flexibility index (Phi) is 6.27. The van der Waals surface area contributed by atoms with Crippen molar-refractivity contribution in [2.45, 2.75) is 59.3 Å². The summed E-state index contributed by atoms with van der Waals surface area (Å²) in [4.78, 5) is 8.89. The normalized spacial score (nSPS) is 22.0. The molecule has 0 bridgehead atoms. The van der Waals surface area contributed by atoms with E-state index in [1.54, 1.807) is 0 Å². The fourth-order valence-electron chi connectivity index (χ4n) is 2.96. The van der Waals surface area contributed by atoms with Crippen LogP contribution in [0, 0.1) is 18.8 Å². The van der Waals surface area contributed by atoms with Crippen LogP contribution in [0.5, 0.6) is 0 Å². The zero-order chi connectivity index (χ0) is 15.1. The molecule has 4 heteroatoms. The van der Waals surface area contributed by atoms with Gasteiger partial charge in [-0.05, 0) is 31.6 Å². The summed E-state index contributed by atoms with van der Waals surface area (Å²) in [5.41, 5.74) is 1.12. The summed E-state index contributed by atoms with van der Waals surface area (Å²) in [6.07, 6.45) is 9.85. The van der Waals surface area contributed by atoms with Crippen molar-refractivity contribution in [3.63, 3.8) is 0 Å². The van der Waals surface area contributed by atoms with E-state index in [1.807, 2.05) is 6.20 Å². The average molecular weight is 290 g/mol. The summed E-state index contributed by atoms with van der Waals surface area (Å²) in [6, 6.07) is 0. The molecular formula is C17H30N4. The van der Waals surface area contributed by atoms with Crippen LogP contribution in [0.15, 0.2) is 6.20 Å². The summed E-state index contributed by atoms with van der Waals surface area (Å²) in [6.45, 7) is 8.52. The van der Waals surface area contributed by atoms with Crippen LogP contribution in [0.2, 0.25) is 0 Å². The molecule has 1 saturated carbocycles. The van der Waals surface area contributed by atoms with E-state index in [9.17, 15) is 0 Å². The van der Waals surface area contributed by atoms with Gasteiger partial charge in [-0.2, -0.15) is 4.98 Å². The van der Waals surface area contributed by atoms with Gasteiger partial charge in [0.2, 0.25) is 5.95 Å². The lowest BCUT2D eigenvalue weighted by Gasteiger charge is -2.26. The van der Waals surface area contributed by atoms with Crippen molar-refractivity contribution >= 4 is 11.8 Å². The van der Waals surface area contributed by atoms with Gasteiger partial charge in [0.25, 0.3) is 0 Å². The number of aromatic nitrogens is 2. The molecule has 118 valence electrons. The molecule has 1 aliphatic carbocycles. The van der Waals surface area contributed by atoms with Crippen LogP contribution < -0.4 is 10.6 Å². The summed E-state index contributed by atoms with van der Waals surface area (Å²) in [5, 5.41) is 6.74. The number of hydrogen-bond acceptors (Lipinski definition) is 4. The fraction of sp³-hybridized carbons (Fsp3) is 0.765. The standard InChI is InChI=1S/C17H30N4/c1-4-10-19-17-20-12-14(3)16(21-17)18-11-9-15-7-5-13(2)6-8-15/h12-13,15H,4-11H2,1-3H3,(H2,18,19,20,21). The first kappa shape index (κ1) is 16.1. The Labute approximate surface area is 129 Å². The Morgan fingerprint density at radius 1 is 1.14 bits per heavy atom. The van der Waals surface area contributed by atoms with Gasteiger partial charge < -0.3 is 10.6 Å². The quantitative estimate of drug-likeness (QED) is 0.789. The Hall–Kier alpha value is -1.32. The topological polar surface area (TPSA) is 49.8 Å². The van der Waals surface area contributed by atoms with Crippen LogP contribution in [-0.4, -0.2) is 23.1 Å². The third-order valence-electron chi connectivity index (χ3n) is 4.49. The van der Waals surface area contributed by atoms with Crippen molar-refractivity contribution in [1.82, 2.24) is 9.97 Å². The highest BCUT2D eigenvalue weighted by Gasteiger charge is 2.17. The third kappa shape index (κ3) is 5.18. The van der Waals surface area contributed by atoms with Crippen molar-refractivity contribution in [3.8, 4) is 0 Å². The largest absolute Gasteiger partial charge is 0.370 e. The molecule has 0 spiro atoms. The first-order chi connectivity index (χ1) is 10.2. The lowest BCUT2D eigenvalue weighted by atomic mass is 9.81. The molecule has 2 N–H and O–H groups in total. The second-order valence-electron chi connectivity index (χ2n) is 6.49. The van der Waals surface area contributed by atoms with Crippen LogP contribution >= 0.6 is 0 Å². The fourth-order valence-corrected chi connectivity index (χ4v) is 2.96. The summed E-state index contributed by atoms with van der Waals surface area (Å²) < 4.78 is 0. The molecule has 4 nitrogen and oxygen atoms in total. The predicted octanol–water partition coefficient (Wildman–Crippen LogP) is 4.24. The Bertz CT molecular complexity index is 425. The maximum absolute atomic E-state index is 4.57. The summed E-state index contributed by atoms with van der Waals surface area (Å²) >= 11 is 0. The number of nitrogens with one attached hydrogen (secondary N) is 2. The minimum Gasteiger partial charge on any atom is -0.370 e. The molecule has 1 aromatic rings. The second kappa shape index (κ2) is 8.20. The number of rotatable bonds is 7. The molecule has 1 aromatic heterocycles. The molecule has 0 radical (unpaired) electrons. The van der Waals surface area contributed by atoms with Crippen molar-refractivity contribution in [2.75, 3.05) is 23.7 Å². The highest BCUT2D eigenvalue weighted by atomic mass is 15.1. The molecule has 0 saturated heterocycles. The molecule has 0 aliphatic heterocycles. The predicted molar refractivity (Wildman–Crippen MR) is 89.8 cm³/mol. The first-order valence-corrected chi connectivity index (χ1v) is 8.50. The van der Waals surface area contributed by atoms with Gasteiger partial charge in [-0.3, -0.25) is 0 Å². The van der Waals surface area contributed by atoms with Gasteiger partial charge >= 0.3 is 0 Å².